The molecule has 1 aliphatic heterocycles. The second-order valence-electron chi connectivity index (χ2n) is 6.20. The smallest absolute Gasteiger partial charge is 0.119 e. The van der Waals surface area contributed by atoms with E-state index >= 15 is 0 Å². The van der Waals surface area contributed by atoms with Gasteiger partial charge in [0.15, 0.2) is 0 Å². The molecule has 1 N–H and O–H groups in total. The molecular weight excluding hydrogens is 278 g/mol. The van der Waals surface area contributed by atoms with Gasteiger partial charge in [-0.2, -0.15) is 0 Å². The predicted octanol–water partition coefficient (Wildman–Crippen LogP) is 2.69. The summed E-state index contributed by atoms with van der Waals surface area (Å²) in [5.41, 5.74) is 1.07. The number of benzene rings is 1. The van der Waals surface area contributed by atoms with Gasteiger partial charge in [-0.15, -0.1) is 0 Å². The number of rotatable bonds is 8. The summed E-state index contributed by atoms with van der Waals surface area (Å²) >= 11 is 0. The highest BCUT2D eigenvalue weighted by Crippen LogP contribution is 2.19. The molecule has 0 bridgehead atoms. The van der Waals surface area contributed by atoms with Crippen molar-refractivity contribution in [2.24, 2.45) is 5.92 Å². The molecular formula is C18H29NO3. The van der Waals surface area contributed by atoms with Crippen LogP contribution in [0.4, 0.5) is 0 Å². The van der Waals surface area contributed by atoms with Crippen molar-refractivity contribution in [3.63, 3.8) is 0 Å². The molecule has 0 aliphatic carbocycles. The Hall–Kier alpha value is -1.10. The van der Waals surface area contributed by atoms with Crippen LogP contribution in [0.15, 0.2) is 24.3 Å². The minimum absolute atomic E-state index is 0.379. The van der Waals surface area contributed by atoms with Gasteiger partial charge < -0.3 is 19.5 Å². The minimum Gasteiger partial charge on any atom is -0.497 e. The zero-order chi connectivity index (χ0) is 15.8. The second-order valence-corrected chi connectivity index (χ2v) is 6.20. The molecule has 1 fully saturated rings. The van der Waals surface area contributed by atoms with Crippen LogP contribution < -0.4 is 4.74 Å². The number of nitrogens with zero attached hydrogens (tertiary/aromatic N) is 1. The van der Waals surface area contributed by atoms with Gasteiger partial charge in [-0.25, -0.2) is 0 Å². The standard InChI is InChI=1S/C18H29NO3/c1-3-15-7-5-9-19(11-15)12-17(20)14-22-13-16-6-4-8-18(10-16)21-2/h4,6,8,10,15,17,20H,3,5,7,9,11-14H2,1-2H3. The third-order valence-corrected chi connectivity index (χ3v) is 4.36. The third kappa shape index (κ3) is 5.59. The van der Waals surface area contributed by atoms with E-state index in [9.17, 15) is 5.11 Å². The van der Waals surface area contributed by atoms with Crippen molar-refractivity contribution < 1.29 is 14.6 Å². The fraction of sp³-hybridized carbons (Fsp3) is 0.667. The van der Waals surface area contributed by atoms with E-state index in [0.29, 0.717) is 19.8 Å². The van der Waals surface area contributed by atoms with Crippen molar-refractivity contribution in [1.82, 2.24) is 4.90 Å². The van der Waals surface area contributed by atoms with Gasteiger partial charge in [0.2, 0.25) is 0 Å². The lowest BCUT2D eigenvalue weighted by atomic mass is 9.95. The molecule has 1 saturated heterocycles. The maximum Gasteiger partial charge on any atom is 0.119 e. The van der Waals surface area contributed by atoms with E-state index in [4.69, 9.17) is 9.47 Å². The van der Waals surface area contributed by atoms with Gasteiger partial charge in [0.05, 0.1) is 26.4 Å². The molecule has 0 amide bonds. The average molecular weight is 307 g/mol. The van der Waals surface area contributed by atoms with Crippen LogP contribution in [-0.2, 0) is 11.3 Å². The van der Waals surface area contributed by atoms with E-state index < -0.39 is 6.10 Å². The van der Waals surface area contributed by atoms with Crippen LogP contribution in [0.5, 0.6) is 5.75 Å². The summed E-state index contributed by atoms with van der Waals surface area (Å²) in [6.07, 6.45) is 3.39. The molecule has 124 valence electrons. The Bertz CT molecular complexity index is 438. The quantitative estimate of drug-likeness (QED) is 0.802. The summed E-state index contributed by atoms with van der Waals surface area (Å²) in [5.74, 6) is 1.62. The van der Waals surface area contributed by atoms with E-state index in [2.05, 4.69) is 11.8 Å². The number of aliphatic hydroxyl groups is 1. The Morgan fingerprint density at radius 2 is 2.27 bits per heavy atom. The third-order valence-electron chi connectivity index (χ3n) is 4.36. The van der Waals surface area contributed by atoms with Crippen molar-refractivity contribution >= 4 is 0 Å². The maximum atomic E-state index is 10.1. The molecule has 1 aromatic rings. The van der Waals surface area contributed by atoms with Crippen LogP contribution in [0.3, 0.4) is 0 Å². The van der Waals surface area contributed by atoms with Crippen molar-refractivity contribution in [1.29, 1.82) is 0 Å². The number of likely N-dealkylation sites (tertiary alicyclic amines) is 1. The zero-order valence-electron chi connectivity index (χ0n) is 13.8. The van der Waals surface area contributed by atoms with Gasteiger partial charge in [-0.05, 0) is 43.0 Å². The summed E-state index contributed by atoms with van der Waals surface area (Å²) in [6.45, 7) is 6.07. The van der Waals surface area contributed by atoms with E-state index in [1.165, 1.54) is 19.3 Å². The lowest BCUT2D eigenvalue weighted by Crippen LogP contribution is -2.41. The van der Waals surface area contributed by atoms with E-state index in [0.717, 1.165) is 30.3 Å². The molecule has 2 atom stereocenters. The zero-order valence-corrected chi connectivity index (χ0v) is 13.8. The molecule has 0 saturated carbocycles. The van der Waals surface area contributed by atoms with E-state index in [1.807, 2.05) is 24.3 Å². The Labute approximate surface area is 134 Å². The lowest BCUT2D eigenvalue weighted by molar-refractivity contribution is 0.00285. The predicted molar refractivity (Wildman–Crippen MR) is 88.1 cm³/mol. The first kappa shape index (κ1) is 17.3. The van der Waals surface area contributed by atoms with Crippen molar-refractivity contribution in [3.8, 4) is 5.75 Å². The average Bonchev–Trinajstić information content (AvgIpc) is 2.55. The number of β-amino-alcohol motifs (C(OH)–C–C–N with tert-alkyl or cyclic N) is 1. The minimum atomic E-state index is -0.416. The Morgan fingerprint density at radius 1 is 1.41 bits per heavy atom. The molecule has 0 aromatic heterocycles. The van der Waals surface area contributed by atoms with Gasteiger partial charge >= 0.3 is 0 Å². The Balaban J connectivity index is 1.67. The first-order valence-corrected chi connectivity index (χ1v) is 8.32. The lowest BCUT2D eigenvalue weighted by Gasteiger charge is -2.33. The SMILES string of the molecule is CCC1CCCN(CC(O)COCc2cccc(OC)c2)C1. The fourth-order valence-electron chi connectivity index (χ4n) is 3.08. The maximum absolute atomic E-state index is 10.1. The molecule has 4 heteroatoms. The summed E-state index contributed by atoms with van der Waals surface area (Å²) < 4.78 is 10.8. The molecule has 4 nitrogen and oxygen atoms in total. The largest absolute Gasteiger partial charge is 0.497 e. The monoisotopic (exact) mass is 307 g/mol. The summed E-state index contributed by atoms with van der Waals surface area (Å²) in [5, 5.41) is 10.1. The van der Waals surface area contributed by atoms with Gasteiger partial charge in [-0.3, -0.25) is 0 Å². The fourth-order valence-corrected chi connectivity index (χ4v) is 3.08. The number of hydrogen-bond acceptors (Lipinski definition) is 4. The van der Waals surface area contributed by atoms with Crippen LogP contribution >= 0.6 is 0 Å². The van der Waals surface area contributed by atoms with E-state index in [-0.39, 0.29) is 0 Å². The normalized spacial score (nSPS) is 20.8. The Morgan fingerprint density at radius 3 is 3.05 bits per heavy atom. The van der Waals surface area contributed by atoms with E-state index in [1.54, 1.807) is 7.11 Å². The van der Waals surface area contributed by atoms with Crippen molar-refractivity contribution in [2.75, 3.05) is 33.4 Å². The molecule has 2 unspecified atom stereocenters. The molecule has 1 aliphatic rings. The van der Waals surface area contributed by atoms with Gasteiger partial charge in [0, 0.05) is 13.1 Å². The van der Waals surface area contributed by atoms with Crippen LogP contribution in [0.25, 0.3) is 0 Å². The number of aliphatic hydroxyl groups excluding tert-OH is 1. The summed E-state index contributed by atoms with van der Waals surface area (Å²) in [4.78, 5) is 2.37. The molecule has 2 rings (SSSR count). The molecule has 0 spiro atoms. The Kier molecular flexibility index (Phi) is 7.16. The number of methoxy groups -OCH3 is 1. The molecule has 0 radical (unpaired) electrons. The summed E-state index contributed by atoms with van der Waals surface area (Å²) in [7, 11) is 1.66. The van der Waals surface area contributed by atoms with Crippen LogP contribution in [0.2, 0.25) is 0 Å². The van der Waals surface area contributed by atoms with Crippen LogP contribution in [0.1, 0.15) is 31.7 Å². The van der Waals surface area contributed by atoms with Gasteiger partial charge in [-0.1, -0.05) is 25.5 Å². The van der Waals surface area contributed by atoms with Crippen LogP contribution in [-0.4, -0.2) is 49.5 Å². The highest BCUT2D eigenvalue weighted by Gasteiger charge is 2.20. The highest BCUT2D eigenvalue weighted by atomic mass is 16.5. The molecule has 1 heterocycles. The topological polar surface area (TPSA) is 41.9 Å². The molecule has 1 aromatic carbocycles. The van der Waals surface area contributed by atoms with Gasteiger partial charge in [0.1, 0.15) is 5.75 Å². The van der Waals surface area contributed by atoms with Crippen molar-refractivity contribution in [2.45, 2.75) is 38.9 Å². The first-order valence-electron chi connectivity index (χ1n) is 8.32. The number of hydrogen-bond donors (Lipinski definition) is 1. The van der Waals surface area contributed by atoms with Crippen molar-refractivity contribution in [3.05, 3.63) is 29.8 Å². The first-order chi connectivity index (χ1) is 10.7. The number of piperidine rings is 1. The number of ether oxygens (including phenoxy) is 2. The van der Waals surface area contributed by atoms with Crippen LogP contribution in [0, 0.1) is 5.92 Å². The highest BCUT2D eigenvalue weighted by molar-refractivity contribution is 5.27. The molecule has 22 heavy (non-hydrogen) atoms. The van der Waals surface area contributed by atoms with Gasteiger partial charge in [0.25, 0.3) is 0 Å². The summed E-state index contributed by atoms with van der Waals surface area (Å²) in [6, 6.07) is 7.83. The second kappa shape index (κ2) is 9.13.